The highest BCUT2D eigenvalue weighted by Crippen LogP contribution is 2.44. The van der Waals surface area contributed by atoms with Crippen LogP contribution in [0.4, 0.5) is 13.2 Å². The molecule has 0 N–H and O–H groups in total. The molecule has 5 rings (SSSR count). The number of ether oxygens (including phenoxy) is 1. The molecular formula is C22H21F3N6O2. The number of alkyl halides is 3. The number of amides is 1. The van der Waals surface area contributed by atoms with Crippen molar-refractivity contribution in [2.45, 2.75) is 51.0 Å². The number of likely N-dealkylation sites (tertiary alicyclic amines) is 1. The SMILES string of the molecule is [2H]C1([2H])[C@H]2C[C@@H]([C@@H]1Oc1ccc(C(F)(F)F)cn1)N(C(=O)c1nc(C)ccc1-n1nccn1)[C@@H]2C. The number of pyridine rings is 2. The summed E-state index contributed by atoms with van der Waals surface area (Å²) >= 11 is 0. The van der Waals surface area contributed by atoms with Crippen molar-refractivity contribution in [3.8, 4) is 11.6 Å². The van der Waals surface area contributed by atoms with Gasteiger partial charge in [0, 0.05) is 26.7 Å². The number of carbonyl (C=O) groups excluding carboxylic acids is 1. The van der Waals surface area contributed by atoms with Crippen LogP contribution in [0.3, 0.4) is 0 Å². The first-order valence-electron chi connectivity index (χ1n) is 11.4. The monoisotopic (exact) mass is 460 g/mol. The number of halogens is 3. The molecule has 1 aliphatic heterocycles. The fourth-order valence-electron chi connectivity index (χ4n) is 4.39. The standard InChI is InChI=1S/C22H21F3N6O2/c1-12-3-5-16(31-27-7-8-28-31)20(29-12)21(32)30-13(2)14-9-17(30)18(10-14)33-19-6-4-15(11-26-19)22(23,24)25/h3-8,11,13-14,17-18H,9-10H2,1-2H3/t13-,14-,17+,18-/m1/s1/i10D2. The Bertz CT molecular complexity index is 1250. The number of rotatable bonds is 4. The van der Waals surface area contributed by atoms with Crippen LogP contribution in [0.15, 0.2) is 42.9 Å². The molecule has 3 aromatic rings. The first-order valence-corrected chi connectivity index (χ1v) is 10.4. The van der Waals surface area contributed by atoms with E-state index in [-0.39, 0.29) is 11.6 Å². The van der Waals surface area contributed by atoms with Gasteiger partial charge in [0.2, 0.25) is 5.88 Å². The molecule has 172 valence electrons. The molecule has 33 heavy (non-hydrogen) atoms. The number of aromatic nitrogens is 5. The van der Waals surface area contributed by atoms with Crippen molar-refractivity contribution in [3.63, 3.8) is 0 Å². The van der Waals surface area contributed by atoms with Gasteiger partial charge in [-0.2, -0.15) is 23.4 Å². The Labute approximate surface area is 190 Å². The van der Waals surface area contributed by atoms with Crippen LogP contribution in [0.2, 0.25) is 0 Å². The van der Waals surface area contributed by atoms with Gasteiger partial charge < -0.3 is 9.64 Å². The van der Waals surface area contributed by atoms with E-state index in [9.17, 15) is 18.0 Å². The fraction of sp³-hybridized carbons (Fsp3) is 0.409. The summed E-state index contributed by atoms with van der Waals surface area (Å²) in [6.07, 6.45) is -3.55. The average molecular weight is 460 g/mol. The molecule has 0 aromatic carbocycles. The van der Waals surface area contributed by atoms with Gasteiger partial charge in [-0.15, -0.1) is 4.80 Å². The highest BCUT2D eigenvalue weighted by Gasteiger charge is 2.53. The molecular weight excluding hydrogens is 437 g/mol. The first-order chi connectivity index (χ1) is 16.5. The minimum absolute atomic E-state index is 0.118. The van der Waals surface area contributed by atoms with Gasteiger partial charge in [-0.25, -0.2) is 9.97 Å². The van der Waals surface area contributed by atoms with E-state index in [4.69, 9.17) is 7.48 Å². The van der Waals surface area contributed by atoms with Gasteiger partial charge in [-0.05, 0) is 50.8 Å². The summed E-state index contributed by atoms with van der Waals surface area (Å²) in [6, 6.07) is 4.19. The van der Waals surface area contributed by atoms with E-state index in [1.165, 1.54) is 17.2 Å². The summed E-state index contributed by atoms with van der Waals surface area (Å²) in [5.74, 6) is -1.10. The third-order valence-electron chi connectivity index (χ3n) is 6.00. The Morgan fingerprint density at radius 1 is 1.21 bits per heavy atom. The number of nitrogens with zero attached hydrogens (tertiary/aromatic N) is 6. The molecule has 1 amide bonds. The van der Waals surface area contributed by atoms with E-state index in [1.807, 2.05) is 0 Å². The summed E-state index contributed by atoms with van der Waals surface area (Å²) in [6.45, 7) is 3.52. The normalized spacial score (nSPS) is 26.8. The third kappa shape index (κ3) is 3.81. The predicted octanol–water partition coefficient (Wildman–Crippen LogP) is 3.46. The van der Waals surface area contributed by atoms with E-state index >= 15 is 0 Å². The van der Waals surface area contributed by atoms with Gasteiger partial charge in [-0.3, -0.25) is 4.79 Å². The van der Waals surface area contributed by atoms with Crippen LogP contribution < -0.4 is 4.74 Å². The maximum absolute atomic E-state index is 13.8. The Morgan fingerprint density at radius 3 is 2.61 bits per heavy atom. The molecule has 4 heterocycles. The Morgan fingerprint density at radius 2 is 1.97 bits per heavy atom. The molecule has 8 nitrogen and oxygen atoms in total. The molecule has 2 bridgehead atoms. The van der Waals surface area contributed by atoms with Crippen molar-refractivity contribution < 1.29 is 25.4 Å². The van der Waals surface area contributed by atoms with Gasteiger partial charge in [0.25, 0.3) is 5.91 Å². The Kier molecular flexibility index (Phi) is 4.51. The summed E-state index contributed by atoms with van der Waals surface area (Å²) in [4.78, 5) is 24.7. The lowest BCUT2D eigenvalue weighted by atomic mass is 9.98. The number of piperidine rings is 1. The zero-order chi connectivity index (χ0) is 25.1. The van der Waals surface area contributed by atoms with Crippen LogP contribution in [-0.2, 0) is 6.18 Å². The fourth-order valence-corrected chi connectivity index (χ4v) is 4.39. The van der Waals surface area contributed by atoms with E-state index in [0.717, 1.165) is 12.1 Å². The molecule has 1 saturated heterocycles. The minimum atomic E-state index is -4.55. The third-order valence-corrected chi connectivity index (χ3v) is 6.00. The molecule has 1 saturated carbocycles. The number of hydrogen-bond acceptors (Lipinski definition) is 6. The lowest BCUT2D eigenvalue weighted by Gasteiger charge is -2.37. The van der Waals surface area contributed by atoms with Crippen LogP contribution >= 0.6 is 0 Å². The van der Waals surface area contributed by atoms with Gasteiger partial charge in [0.05, 0.1) is 24.0 Å². The van der Waals surface area contributed by atoms with Crippen LogP contribution in [-0.4, -0.2) is 54.0 Å². The second kappa shape index (κ2) is 7.82. The van der Waals surface area contributed by atoms with Crippen molar-refractivity contribution in [2.75, 3.05) is 0 Å². The van der Waals surface area contributed by atoms with E-state index in [2.05, 4.69) is 20.2 Å². The molecule has 11 heteroatoms. The average Bonchev–Trinajstić information content (AvgIpc) is 3.50. The van der Waals surface area contributed by atoms with Gasteiger partial charge in [-0.1, -0.05) is 0 Å². The van der Waals surface area contributed by atoms with E-state index in [1.54, 1.807) is 30.9 Å². The first kappa shape index (κ1) is 19.0. The van der Waals surface area contributed by atoms with E-state index in [0.29, 0.717) is 24.0 Å². The second-order valence-corrected chi connectivity index (χ2v) is 8.09. The highest BCUT2D eigenvalue weighted by atomic mass is 19.4. The maximum Gasteiger partial charge on any atom is 0.417 e. The summed E-state index contributed by atoms with van der Waals surface area (Å²) < 4.78 is 61.7. The summed E-state index contributed by atoms with van der Waals surface area (Å²) in [7, 11) is 0. The second-order valence-electron chi connectivity index (χ2n) is 8.09. The molecule has 4 atom stereocenters. The van der Waals surface area contributed by atoms with Gasteiger partial charge in [0.15, 0.2) is 5.69 Å². The molecule has 2 fully saturated rings. The van der Waals surface area contributed by atoms with Crippen molar-refractivity contribution in [1.29, 1.82) is 0 Å². The molecule has 0 unspecified atom stereocenters. The van der Waals surface area contributed by atoms with Crippen molar-refractivity contribution in [3.05, 3.63) is 59.8 Å². The summed E-state index contributed by atoms with van der Waals surface area (Å²) in [5.41, 5.74) is 0.174. The van der Waals surface area contributed by atoms with Crippen molar-refractivity contribution in [2.24, 2.45) is 5.92 Å². The van der Waals surface area contributed by atoms with Crippen LogP contribution in [0.5, 0.6) is 5.88 Å². The Balaban J connectivity index is 1.46. The lowest BCUT2D eigenvalue weighted by Crippen LogP contribution is -2.51. The van der Waals surface area contributed by atoms with E-state index < -0.39 is 48.1 Å². The predicted molar refractivity (Wildman–Crippen MR) is 110 cm³/mol. The highest BCUT2D eigenvalue weighted by molar-refractivity contribution is 5.96. The molecule has 0 spiro atoms. The lowest BCUT2D eigenvalue weighted by molar-refractivity contribution is -0.137. The van der Waals surface area contributed by atoms with Gasteiger partial charge in [0.1, 0.15) is 11.8 Å². The van der Waals surface area contributed by atoms with Gasteiger partial charge >= 0.3 is 6.18 Å². The minimum Gasteiger partial charge on any atom is -0.472 e. The largest absolute Gasteiger partial charge is 0.472 e. The van der Waals surface area contributed by atoms with Crippen LogP contribution in [0.25, 0.3) is 5.69 Å². The molecule has 1 aliphatic carbocycles. The zero-order valence-electron chi connectivity index (χ0n) is 19.7. The number of hydrogen-bond donors (Lipinski definition) is 0. The quantitative estimate of drug-likeness (QED) is 0.593. The number of fused-ring (bicyclic) bond motifs is 2. The molecule has 0 radical (unpaired) electrons. The maximum atomic E-state index is 13.8. The summed E-state index contributed by atoms with van der Waals surface area (Å²) in [5, 5.41) is 8.19. The topological polar surface area (TPSA) is 86.0 Å². The number of carbonyl (C=O) groups is 1. The van der Waals surface area contributed by atoms with Crippen molar-refractivity contribution in [1.82, 2.24) is 29.9 Å². The zero-order valence-corrected chi connectivity index (χ0v) is 17.7. The van der Waals surface area contributed by atoms with Crippen LogP contribution in [0, 0.1) is 12.8 Å². The molecule has 2 aliphatic rings. The Hall–Kier alpha value is -3.50. The number of aryl methyl sites for hydroxylation is 1. The van der Waals surface area contributed by atoms with Crippen molar-refractivity contribution >= 4 is 5.91 Å². The molecule has 3 aromatic heterocycles. The van der Waals surface area contributed by atoms with Crippen LogP contribution in [0.1, 0.15) is 44.2 Å². The smallest absolute Gasteiger partial charge is 0.417 e.